The van der Waals surface area contributed by atoms with Gasteiger partial charge in [-0.15, -0.1) is 11.3 Å². The van der Waals surface area contributed by atoms with Gasteiger partial charge in [0.15, 0.2) is 6.54 Å². The van der Waals surface area contributed by atoms with Gasteiger partial charge in [0.05, 0.1) is 17.1 Å². The van der Waals surface area contributed by atoms with Crippen LogP contribution in [0, 0.1) is 0 Å². The van der Waals surface area contributed by atoms with Gasteiger partial charge < -0.3 is 21.1 Å². The van der Waals surface area contributed by atoms with E-state index in [9.17, 15) is 9.59 Å². The van der Waals surface area contributed by atoms with Crippen molar-refractivity contribution in [3.8, 4) is 5.75 Å². The first-order valence-electron chi connectivity index (χ1n) is 7.26. The van der Waals surface area contributed by atoms with Crippen LogP contribution < -0.4 is 21.1 Å². The van der Waals surface area contributed by atoms with E-state index in [-0.39, 0.29) is 18.5 Å². The van der Waals surface area contributed by atoms with Crippen molar-refractivity contribution in [2.24, 2.45) is 5.73 Å². The Hall–Kier alpha value is -1.90. The molecule has 2 rings (SSSR count). The average molecular weight is 413 g/mol. The first-order valence-corrected chi connectivity index (χ1v) is 8.93. The summed E-state index contributed by atoms with van der Waals surface area (Å²) in [7, 11) is 1.62. The zero-order valence-electron chi connectivity index (χ0n) is 13.3. The number of halogens is 1. The van der Waals surface area contributed by atoms with Crippen LogP contribution >= 0.6 is 27.3 Å². The van der Waals surface area contributed by atoms with Crippen LogP contribution in [0.5, 0.6) is 5.75 Å². The molecule has 1 atom stereocenters. The molecule has 0 radical (unpaired) electrons. The second kappa shape index (κ2) is 8.27. The lowest BCUT2D eigenvalue weighted by molar-refractivity contribution is -0.682. The number of anilines is 1. The number of primary amides is 1. The van der Waals surface area contributed by atoms with Crippen LogP contribution in [-0.4, -0.2) is 25.5 Å². The van der Waals surface area contributed by atoms with Crippen molar-refractivity contribution in [1.82, 2.24) is 0 Å². The SMILES string of the molecule is COc1ccc([C@H](C)[NH2+]CC(=O)Nc2sccc2C(N)=O)cc1Br. The lowest BCUT2D eigenvalue weighted by atomic mass is 10.1. The van der Waals surface area contributed by atoms with E-state index in [2.05, 4.69) is 21.2 Å². The number of benzene rings is 1. The minimum atomic E-state index is -0.549. The fourth-order valence-electron chi connectivity index (χ4n) is 2.16. The predicted molar refractivity (Wildman–Crippen MR) is 97.4 cm³/mol. The van der Waals surface area contributed by atoms with Crippen LogP contribution in [0.4, 0.5) is 5.00 Å². The molecule has 0 aliphatic rings. The molecule has 1 heterocycles. The molecule has 0 saturated carbocycles. The topological polar surface area (TPSA) is 98.0 Å². The van der Waals surface area contributed by atoms with E-state index in [4.69, 9.17) is 10.5 Å². The first kappa shape index (κ1) is 18.4. The van der Waals surface area contributed by atoms with Crippen molar-refractivity contribution in [3.05, 3.63) is 45.2 Å². The van der Waals surface area contributed by atoms with Gasteiger partial charge in [0.25, 0.3) is 11.8 Å². The van der Waals surface area contributed by atoms with Gasteiger partial charge in [-0.25, -0.2) is 0 Å². The minimum Gasteiger partial charge on any atom is -0.496 e. The third-order valence-corrected chi connectivity index (χ3v) is 4.99. The van der Waals surface area contributed by atoms with Gasteiger partial charge >= 0.3 is 0 Å². The molecule has 24 heavy (non-hydrogen) atoms. The van der Waals surface area contributed by atoms with Crippen LogP contribution in [0.3, 0.4) is 0 Å². The summed E-state index contributed by atoms with van der Waals surface area (Å²) < 4.78 is 6.08. The summed E-state index contributed by atoms with van der Waals surface area (Å²) in [4.78, 5) is 23.3. The maximum Gasteiger partial charge on any atom is 0.280 e. The number of amides is 2. The first-order chi connectivity index (χ1) is 11.4. The van der Waals surface area contributed by atoms with Crippen molar-refractivity contribution in [2.75, 3.05) is 19.0 Å². The molecule has 0 unspecified atom stereocenters. The molecule has 2 aromatic rings. The molecule has 0 saturated heterocycles. The minimum absolute atomic E-state index is 0.0944. The Balaban J connectivity index is 1.92. The van der Waals surface area contributed by atoms with Crippen molar-refractivity contribution in [1.29, 1.82) is 0 Å². The normalized spacial score (nSPS) is 11.8. The van der Waals surface area contributed by atoms with Crippen LogP contribution in [0.1, 0.15) is 28.9 Å². The Morgan fingerprint density at radius 3 is 2.79 bits per heavy atom. The summed E-state index contributed by atoms with van der Waals surface area (Å²) in [6.45, 7) is 2.25. The fourth-order valence-corrected chi connectivity index (χ4v) is 3.53. The lowest BCUT2D eigenvalue weighted by Gasteiger charge is -2.13. The third kappa shape index (κ3) is 4.56. The van der Waals surface area contributed by atoms with Gasteiger partial charge in [0.2, 0.25) is 0 Å². The summed E-state index contributed by atoms with van der Waals surface area (Å²) in [5.41, 5.74) is 6.67. The van der Waals surface area contributed by atoms with Gasteiger partial charge in [0.1, 0.15) is 16.8 Å². The van der Waals surface area contributed by atoms with E-state index in [0.717, 1.165) is 15.8 Å². The summed E-state index contributed by atoms with van der Waals surface area (Å²) in [6, 6.07) is 7.52. The number of quaternary nitrogens is 1. The number of hydrogen-bond acceptors (Lipinski definition) is 4. The Bertz CT molecular complexity index is 748. The Morgan fingerprint density at radius 1 is 1.42 bits per heavy atom. The van der Waals surface area contributed by atoms with E-state index in [1.54, 1.807) is 18.6 Å². The molecule has 1 aromatic carbocycles. The molecule has 0 aliphatic carbocycles. The summed E-state index contributed by atoms with van der Waals surface area (Å²) in [5.74, 6) is 0.0340. The van der Waals surface area contributed by atoms with Crippen molar-refractivity contribution < 1.29 is 19.6 Å². The summed E-state index contributed by atoms with van der Waals surface area (Å²) in [5, 5.41) is 6.85. The van der Waals surface area contributed by atoms with Crippen LogP contribution in [0.25, 0.3) is 0 Å². The molecule has 0 bridgehead atoms. The Kier molecular flexibility index (Phi) is 6.36. The molecule has 5 N–H and O–H groups in total. The van der Waals surface area contributed by atoms with Crippen molar-refractivity contribution in [2.45, 2.75) is 13.0 Å². The predicted octanol–water partition coefficient (Wildman–Crippen LogP) is 1.88. The van der Waals surface area contributed by atoms with E-state index < -0.39 is 5.91 Å². The number of carbonyl (C=O) groups excluding carboxylic acids is 2. The highest BCUT2D eigenvalue weighted by Crippen LogP contribution is 2.27. The zero-order chi connectivity index (χ0) is 17.7. The summed E-state index contributed by atoms with van der Waals surface area (Å²) in [6.07, 6.45) is 0. The Labute approximate surface area is 152 Å². The quantitative estimate of drug-likeness (QED) is 0.647. The van der Waals surface area contributed by atoms with E-state index in [1.165, 1.54) is 11.3 Å². The molecular formula is C16H19BrN3O3S+. The fraction of sp³-hybridized carbons (Fsp3) is 0.250. The van der Waals surface area contributed by atoms with Crippen molar-refractivity contribution >= 4 is 44.1 Å². The highest BCUT2D eigenvalue weighted by Gasteiger charge is 2.16. The molecule has 8 heteroatoms. The van der Waals surface area contributed by atoms with Gasteiger partial charge in [-0.05, 0) is 52.5 Å². The van der Waals surface area contributed by atoms with Gasteiger partial charge in [-0.1, -0.05) is 0 Å². The van der Waals surface area contributed by atoms with Gasteiger partial charge in [0, 0.05) is 5.56 Å². The standard InChI is InChI=1S/C16H18BrN3O3S/c1-9(10-3-4-13(23-2)12(17)7-10)19-8-14(21)20-16-11(15(18)22)5-6-24-16/h3-7,9,19H,8H2,1-2H3,(H2,18,22)(H,20,21)/p+1/t9-/m0/s1. The number of ether oxygens (including phenoxy) is 1. The summed E-state index contributed by atoms with van der Waals surface area (Å²) >= 11 is 4.73. The van der Waals surface area contributed by atoms with Gasteiger partial charge in [-0.2, -0.15) is 0 Å². The molecule has 2 amide bonds. The number of carbonyl (C=O) groups is 2. The molecule has 0 fully saturated rings. The van der Waals surface area contributed by atoms with Crippen LogP contribution in [-0.2, 0) is 4.79 Å². The number of rotatable bonds is 7. The second-order valence-electron chi connectivity index (χ2n) is 5.20. The highest BCUT2D eigenvalue weighted by molar-refractivity contribution is 9.10. The van der Waals surface area contributed by atoms with E-state index >= 15 is 0 Å². The van der Waals surface area contributed by atoms with E-state index in [1.807, 2.05) is 30.4 Å². The number of nitrogens with one attached hydrogen (secondary N) is 1. The highest BCUT2D eigenvalue weighted by atomic mass is 79.9. The number of hydrogen-bond donors (Lipinski definition) is 3. The van der Waals surface area contributed by atoms with E-state index in [0.29, 0.717) is 10.6 Å². The lowest BCUT2D eigenvalue weighted by Crippen LogP contribution is -2.86. The molecule has 0 aliphatic heterocycles. The largest absolute Gasteiger partial charge is 0.496 e. The monoisotopic (exact) mass is 412 g/mol. The van der Waals surface area contributed by atoms with Crippen molar-refractivity contribution in [3.63, 3.8) is 0 Å². The van der Waals surface area contributed by atoms with Crippen LogP contribution in [0.15, 0.2) is 34.1 Å². The van der Waals surface area contributed by atoms with Gasteiger partial charge in [-0.3, -0.25) is 9.59 Å². The maximum absolute atomic E-state index is 12.1. The Morgan fingerprint density at radius 2 is 2.17 bits per heavy atom. The molecule has 1 aromatic heterocycles. The smallest absolute Gasteiger partial charge is 0.280 e. The molecule has 128 valence electrons. The molecular weight excluding hydrogens is 394 g/mol. The second-order valence-corrected chi connectivity index (χ2v) is 6.97. The molecule has 6 nitrogen and oxygen atoms in total. The molecule has 0 spiro atoms. The third-order valence-electron chi connectivity index (χ3n) is 3.54. The average Bonchev–Trinajstić information content (AvgIpc) is 3.00. The van der Waals surface area contributed by atoms with Crippen LogP contribution in [0.2, 0.25) is 0 Å². The number of nitrogens with two attached hydrogens (primary N) is 2. The number of thiophene rings is 1. The maximum atomic E-state index is 12.1. The zero-order valence-corrected chi connectivity index (χ0v) is 15.7. The number of methoxy groups -OCH3 is 1.